The number of aromatic nitrogens is 8. The maximum atomic E-state index is 11.6. The number of ether oxygens (including phenoxy) is 1. The Balaban J connectivity index is 0.000000221. The van der Waals surface area contributed by atoms with E-state index in [4.69, 9.17) is 21.6 Å². The Morgan fingerprint density at radius 3 is 1.66 bits per heavy atom. The van der Waals surface area contributed by atoms with Crippen LogP contribution in [-0.2, 0) is 40.7 Å². The van der Waals surface area contributed by atoms with Crippen LogP contribution >= 0.6 is 15.9 Å². The maximum absolute atomic E-state index is 11.6. The fourth-order valence-corrected chi connectivity index (χ4v) is 4.71. The summed E-state index contributed by atoms with van der Waals surface area (Å²) < 4.78 is 42.4. The Labute approximate surface area is 285 Å². The molecular weight excluding hydrogens is 712 g/mol. The van der Waals surface area contributed by atoms with Crippen molar-refractivity contribution >= 4 is 56.3 Å². The van der Waals surface area contributed by atoms with Gasteiger partial charge in [-0.1, -0.05) is 13.8 Å². The van der Waals surface area contributed by atoms with E-state index in [1.54, 1.807) is 21.3 Å². The molecule has 0 N–H and O–H groups in total. The smallest absolute Gasteiger partial charge is 0.339 e. The van der Waals surface area contributed by atoms with Gasteiger partial charge in [-0.25, -0.2) is 23.8 Å². The highest BCUT2D eigenvalue weighted by molar-refractivity contribution is 9.10. The highest BCUT2D eigenvalue weighted by Crippen LogP contribution is 2.23. The van der Waals surface area contributed by atoms with Crippen LogP contribution in [0, 0.1) is 13.8 Å². The standard InChI is InChI=1S/C16H16N4O2.C14H13BrN4.2O2S/c1-4-11-8-12(16(21)22-3)9-17-14(11)15-18-13-7-10(2)5-6-20(13)19-15;1-3-10-7-11(15)8-16-13(10)14-17-12-6-9(2)4-5-19(12)18-14;2*1-3-2/h5-9H,4H2,1-3H3;4-8H,3H2,1-2H3;;. The second kappa shape index (κ2) is 17.7. The average Bonchev–Trinajstić information content (AvgIpc) is 3.68. The fourth-order valence-electron chi connectivity index (χ4n) is 4.33. The first-order valence-corrected chi connectivity index (χ1v) is 16.0. The van der Waals surface area contributed by atoms with Crippen molar-refractivity contribution in [2.45, 2.75) is 40.5 Å². The molecule has 0 saturated carbocycles. The first kappa shape index (κ1) is 36.6. The summed E-state index contributed by atoms with van der Waals surface area (Å²) in [6, 6.07) is 11.8. The number of rotatable bonds is 5. The second-order valence-corrected chi connectivity index (χ2v) is 10.8. The second-order valence-electron chi connectivity index (χ2n) is 9.61. The van der Waals surface area contributed by atoms with Crippen LogP contribution in [0.5, 0.6) is 0 Å². The van der Waals surface area contributed by atoms with Gasteiger partial charge in [0.05, 0.1) is 12.7 Å². The molecule has 0 aliphatic heterocycles. The third-order valence-electron chi connectivity index (χ3n) is 6.49. The summed E-state index contributed by atoms with van der Waals surface area (Å²) in [6.07, 6.45) is 8.70. The van der Waals surface area contributed by atoms with Gasteiger partial charge in [-0.2, -0.15) is 16.8 Å². The van der Waals surface area contributed by atoms with Gasteiger partial charge >= 0.3 is 29.1 Å². The summed E-state index contributed by atoms with van der Waals surface area (Å²) in [6.45, 7) is 8.16. The Morgan fingerprint density at radius 1 is 0.766 bits per heavy atom. The lowest BCUT2D eigenvalue weighted by Gasteiger charge is -2.05. The molecule has 0 fully saturated rings. The first-order chi connectivity index (χ1) is 22.6. The summed E-state index contributed by atoms with van der Waals surface area (Å²) in [7, 11) is 1.36. The molecule has 0 amide bonds. The van der Waals surface area contributed by atoms with E-state index in [-0.39, 0.29) is 0 Å². The fraction of sp³-hybridized carbons (Fsp3) is 0.233. The number of carbonyl (C=O) groups excluding carboxylic acids is 1. The molecule has 0 aromatic carbocycles. The molecular formula is C30H29BrN8O6S2. The number of nitrogens with zero attached hydrogens (tertiary/aromatic N) is 8. The van der Waals surface area contributed by atoms with Gasteiger partial charge in [0.15, 0.2) is 11.3 Å². The summed E-state index contributed by atoms with van der Waals surface area (Å²) in [5.41, 5.74) is 7.95. The lowest BCUT2D eigenvalue weighted by Crippen LogP contribution is -2.04. The molecule has 0 saturated heterocycles. The maximum Gasteiger partial charge on any atom is 0.339 e. The molecule has 0 unspecified atom stereocenters. The van der Waals surface area contributed by atoms with E-state index in [2.05, 4.69) is 59.1 Å². The topological polar surface area (TPSA) is 181 Å². The quantitative estimate of drug-likeness (QED) is 0.226. The third-order valence-corrected chi connectivity index (χ3v) is 6.93. The van der Waals surface area contributed by atoms with E-state index < -0.39 is 29.1 Å². The monoisotopic (exact) mass is 740 g/mol. The highest BCUT2D eigenvalue weighted by Gasteiger charge is 2.16. The number of fused-ring (bicyclic) bond motifs is 2. The molecule has 0 spiro atoms. The van der Waals surface area contributed by atoms with Gasteiger partial charge in [-0.3, -0.25) is 9.97 Å². The lowest BCUT2D eigenvalue weighted by atomic mass is 10.1. The van der Waals surface area contributed by atoms with E-state index in [9.17, 15) is 4.79 Å². The van der Waals surface area contributed by atoms with Crippen LogP contribution in [0.2, 0.25) is 0 Å². The minimum Gasteiger partial charge on any atom is -0.465 e. The van der Waals surface area contributed by atoms with Gasteiger partial charge in [0, 0.05) is 29.3 Å². The SMILES string of the molecule is CCc1cc(Br)cnc1-c1nc2cc(C)ccn2n1.CCc1cc(C(=O)OC)cnc1-c1nc2cc(C)ccn2n1.O=S=O.O=S=O. The Hall–Kier alpha value is -4.87. The van der Waals surface area contributed by atoms with E-state index in [1.807, 2.05) is 57.4 Å². The van der Waals surface area contributed by atoms with Gasteiger partial charge in [-0.05, 0) is 101 Å². The van der Waals surface area contributed by atoms with Crippen LogP contribution in [-0.4, -0.2) is 69.1 Å². The van der Waals surface area contributed by atoms with Crippen molar-refractivity contribution in [1.82, 2.24) is 39.2 Å². The minimum atomic E-state index is -0.750. The molecule has 6 aromatic rings. The molecule has 0 radical (unpaired) electrons. The lowest BCUT2D eigenvalue weighted by molar-refractivity contribution is 0.0600. The number of hydrogen-bond acceptors (Lipinski definition) is 12. The molecule has 6 heterocycles. The predicted molar refractivity (Wildman–Crippen MR) is 178 cm³/mol. The number of aryl methyl sites for hydroxylation is 4. The van der Waals surface area contributed by atoms with Gasteiger partial charge in [-0.15, -0.1) is 10.2 Å². The number of hydrogen-bond donors (Lipinski definition) is 0. The first-order valence-electron chi connectivity index (χ1n) is 13.8. The Morgan fingerprint density at radius 2 is 1.21 bits per heavy atom. The largest absolute Gasteiger partial charge is 0.465 e. The molecule has 0 aliphatic rings. The van der Waals surface area contributed by atoms with Crippen molar-refractivity contribution in [3.8, 4) is 23.0 Å². The van der Waals surface area contributed by atoms with E-state index in [0.29, 0.717) is 22.9 Å². The minimum absolute atomic E-state index is 0.396. The molecule has 6 aromatic heterocycles. The molecule has 6 rings (SSSR count). The normalized spacial score (nSPS) is 10.1. The van der Waals surface area contributed by atoms with E-state index in [0.717, 1.165) is 51.0 Å². The zero-order valence-corrected chi connectivity index (χ0v) is 29.1. The van der Waals surface area contributed by atoms with Crippen molar-refractivity contribution in [2.24, 2.45) is 0 Å². The van der Waals surface area contributed by atoms with Crippen molar-refractivity contribution in [1.29, 1.82) is 0 Å². The molecule has 14 nitrogen and oxygen atoms in total. The van der Waals surface area contributed by atoms with Gasteiger partial charge < -0.3 is 4.74 Å². The summed E-state index contributed by atoms with van der Waals surface area (Å²) in [4.78, 5) is 29.5. The van der Waals surface area contributed by atoms with Crippen LogP contribution < -0.4 is 0 Å². The molecule has 0 atom stereocenters. The van der Waals surface area contributed by atoms with Crippen LogP contribution in [0.1, 0.15) is 46.5 Å². The van der Waals surface area contributed by atoms with Gasteiger partial charge in [0.2, 0.25) is 11.6 Å². The summed E-state index contributed by atoms with van der Waals surface area (Å²) >= 11 is 1.95. The van der Waals surface area contributed by atoms with E-state index >= 15 is 0 Å². The zero-order chi connectivity index (χ0) is 34.5. The van der Waals surface area contributed by atoms with Crippen molar-refractivity contribution in [3.63, 3.8) is 0 Å². The number of methoxy groups -OCH3 is 1. The van der Waals surface area contributed by atoms with Crippen molar-refractivity contribution in [2.75, 3.05) is 7.11 Å². The van der Waals surface area contributed by atoms with Crippen LogP contribution in [0.4, 0.5) is 0 Å². The number of pyridine rings is 4. The number of carbonyl (C=O) groups is 1. The van der Waals surface area contributed by atoms with Gasteiger partial charge in [0.25, 0.3) is 0 Å². The summed E-state index contributed by atoms with van der Waals surface area (Å²) in [5, 5.41) is 8.94. The predicted octanol–water partition coefficient (Wildman–Crippen LogP) is 4.53. The van der Waals surface area contributed by atoms with E-state index in [1.165, 1.54) is 18.9 Å². The molecule has 0 bridgehead atoms. The molecule has 17 heteroatoms. The molecule has 244 valence electrons. The Bertz CT molecular complexity index is 2080. The number of esters is 1. The van der Waals surface area contributed by atoms with Crippen LogP contribution in [0.3, 0.4) is 0 Å². The van der Waals surface area contributed by atoms with Crippen LogP contribution in [0.15, 0.2) is 65.7 Å². The number of halogens is 1. The average molecular weight is 742 g/mol. The highest BCUT2D eigenvalue weighted by atomic mass is 79.9. The molecule has 47 heavy (non-hydrogen) atoms. The van der Waals surface area contributed by atoms with Gasteiger partial charge in [0.1, 0.15) is 11.4 Å². The summed E-state index contributed by atoms with van der Waals surface area (Å²) in [5.74, 6) is 0.834. The zero-order valence-electron chi connectivity index (χ0n) is 25.9. The van der Waals surface area contributed by atoms with Crippen molar-refractivity contribution in [3.05, 3.63) is 93.5 Å². The Kier molecular flexibility index (Phi) is 13.8. The van der Waals surface area contributed by atoms with Crippen molar-refractivity contribution < 1.29 is 26.4 Å². The molecule has 0 aliphatic carbocycles. The van der Waals surface area contributed by atoms with Crippen LogP contribution in [0.25, 0.3) is 34.3 Å². The third kappa shape index (κ3) is 9.57.